The van der Waals surface area contributed by atoms with Crippen molar-refractivity contribution in [3.8, 4) is 11.1 Å². The molecule has 0 N–H and O–H groups in total. The summed E-state index contributed by atoms with van der Waals surface area (Å²) >= 11 is 0. The average Bonchev–Trinajstić information content (AvgIpc) is 2.88. The monoisotopic (exact) mass is 450 g/mol. The molecule has 0 amide bonds. The Morgan fingerprint density at radius 2 is 1.17 bits per heavy atom. The molecule has 0 radical (unpaired) electrons. The summed E-state index contributed by atoms with van der Waals surface area (Å²) in [5.41, 5.74) is 7.09. The van der Waals surface area contributed by atoms with Crippen molar-refractivity contribution >= 4 is 38.1 Å². The van der Waals surface area contributed by atoms with E-state index in [0.29, 0.717) is 0 Å². The third kappa shape index (κ3) is 3.43. The molecule has 0 saturated carbocycles. The van der Waals surface area contributed by atoms with Crippen molar-refractivity contribution in [3.63, 3.8) is 0 Å². The first-order valence-electron chi connectivity index (χ1n) is 12.1. The van der Waals surface area contributed by atoms with E-state index in [2.05, 4.69) is 86.6 Å². The van der Waals surface area contributed by atoms with E-state index in [4.69, 9.17) is 0 Å². The van der Waals surface area contributed by atoms with Crippen molar-refractivity contribution in [3.05, 3.63) is 131 Å². The van der Waals surface area contributed by atoms with Crippen LogP contribution in [0.25, 0.3) is 43.4 Å². The first-order valence-corrected chi connectivity index (χ1v) is 12.1. The lowest BCUT2D eigenvalue weighted by atomic mass is 9.82. The lowest BCUT2D eigenvalue weighted by Gasteiger charge is -2.20. The minimum absolute atomic E-state index is 0.0629. The first-order chi connectivity index (χ1) is 17.0. The van der Waals surface area contributed by atoms with E-state index in [1.807, 2.05) is 37.3 Å². The Labute approximate surface area is 205 Å². The summed E-state index contributed by atoms with van der Waals surface area (Å²) in [6, 6.07) is 35.7. The molecule has 6 aromatic carbocycles. The summed E-state index contributed by atoms with van der Waals surface area (Å²) in [6.45, 7) is 6.32. The Balaban J connectivity index is 1.90. The number of aryl methyl sites for hydroxylation is 3. The van der Waals surface area contributed by atoms with Gasteiger partial charge in [-0.05, 0) is 70.3 Å². The summed E-state index contributed by atoms with van der Waals surface area (Å²) in [5.74, 6) is 0.0629. The molecule has 0 unspecified atom stereocenters. The van der Waals surface area contributed by atoms with Crippen LogP contribution in [0.5, 0.6) is 0 Å². The fourth-order valence-corrected chi connectivity index (χ4v) is 5.49. The highest BCUT2D eigenvalue weighted by Crippen LogP contribution is 2.44. The zero-order valence-electron chi connectivity index (χ0n) is 20.2. The van der Waals surface area contributed by atoms with Crippen LogP contribution in [-0.4, -0.2) is 5.78 Å². The third-order valence-electron chi connectivity index (χ3n) is 7.05. The number of rotatable bonds is 3. The smallest absolute Gasteiger partial charge is 0.194 e. The minimum atomic E-state index is 0.0629. The summed E-state index contributed by atoms with van der Waals surface area (Å²) in [4.78, 5) is 14.3. The number of benzene rings is 6. The van der Waals surface area contributed by atoms with Crippen LogP contribution in [0.4, 0.5) is 0 Å². The Bertz CT molecular complexity index is 1790. The Kier molecular flexibility index (Phi) is 5.00. The average molecular weight is 451 g/mol. The van der Waals surface area contributed by atoms with Crippen LogP contribution >= 0.6 is 0 Å². The lowest BCUT2D eigenvalue weighted by Crippen LogP contribution is -2.06. The van der Waals surface area contributed by atoms with Crippen molar-refractivity contribution < 1.29 is 4.79 Å². The maximum atomic E-state index is 14.3. The molecule has 0 spiro atoms. The number of carbonyl (C=O) groups is 1. The number of carbonyl (C=O) groups excluding carboxylic acids is 1. The summed E-state index contributed by atoms with van der Waals surface area (Å²) < 4.78 is 0. The van der Waals surface area contributed by atoms with Gasteiger partial charge in [0.2, 0.25) is 0 Å². The highest BCUT2D eigenvalue weighted by molar-refractivity contribution is 6.32. The van der Waals surface area contributed by atoms with E-state index in [1.165, 1.54) is 27.3 Å². The second-order valence-electron chi connectivity index (χ2n) is 9.53. The molecule has 0 atom stereocenters. The van der Waals surface area contributed by atoms with Crippen molar-refractivity contribution in [1.29, 1.82) is 0 Å². The van der Waals surface area contributed by atoms with Gasteiger partial charge in [-0.15, -0.1) is 0 Å². The third-order valence-corrected chi connectivity index (χ3v) is 7.05. The Morgan fingerprint density at radius 3 is 1.89 bits per heavy atom. The van der Waals surface area contributed by atoms with Crippen LogP contribution in [-0.2, 0) is 0 Å². The van der Waals surface area contributed by atoms with Crippen molar-refractivity contribution in [2.45, 2.75) is 20.8 Å². The van der Waals surface area contributed by atoms with E-state index in [-0.39, 0.29) is 5.78 Å². The van der Waals surface area contributed by atoms with Gasteiger partial charge in [-0.25, -0.2) is 0 Å². The molecule has 6 rings (SSSR count). The van der Waals surface area contributed by atoms with Crippen LogP contribution < -0.4 is 0 Å². The van der Waals surface area contributed by atoms with Gasteiger partial charge in [0.05, 0.1) is 0 Å². The number of ketones is 1. The van der Waals surface area contributed by atoms with E-state index >= 15 is 0 Å². The molecule has 35 heavy (non-hydrogen) atoms. The van der Waals surface area contributed by atoms with Gasteiger partial charge in [0.1, 0.15) is 0 Å². The van der Waals surface area contributed by atoms with E-state index in [1.54, 1.807) is 0 Å². The molecule has 1 nitrogen and oxygen atoms in total. The lowest BCUT2D eigenvalue weighted by molar-refractivity contribution is 0.104. The molecule has 6 aromatic rings. The van der Waals surface area contributed by atoms with Crippen molar-refractivity contribution in [1.82, 2.24) is 0 Å². The SMILES string of the molecule is Cc1cccc(C(=O)c2c(-c3cccc(C)c3)c3c4ccccc4c(C)cc3c3ccccc23)c1. The van der Waals surface area contributed by atoms with Gasteiger partial charge in [-0.3, -0.25) is 4.79 Å². The normalized spacial score (nSPS) is 11.4. The highest BCUT2D eigenvalue weighted by Gasteiger charge is 2.24. The molecule has 0 saturated heterocycles. The first kappa shape index (κ1) is 21.3. The van der Waals surface area contributed by atoms with Gasteiger partial charge in [0.25, 0.3) is 0 Å². The molecule has 0 heterocycles. The zero-order chi connectivity index (χ0) is 24.1. The molecular weight excluding hydrogens is 424 g/mol. The summed E-state index contributed by atoms with van der Waals surface area (Å²) in [5, 5.41) is 6.85. The van der Waals surface area contributed by atoms with Gasteiger partial charge in [0, 0.05) is 16.7 Å². The van der Waals surface area contributed by atoms with Crippen LogP contribution in [0, 0.1) is 20.8 Å². The molecule has 0 aliphatic heterocycles. The van der Waals surface area contributed by atoms with E-state index < -0.39 is 0 Å². The number of fused-ring (bicyclic) bond motifs is 5. The van der Waals surface area contributed by atoms with Crippen LogP contribution in [0.15, 0.2) is 103 Å². The van der Waals surface area contributed by atoms with Crippen molar-refractivity contribution in [2.75, 3.05) is 0 Å². The van der Waals surface area contributed by atoms with Crippen LogP contribution in [0.1, 0.15) is 32.6 Å². The fourth-order valence-electron chi connectivity index (χ4n) is 5.49. The zero-order valence-corrected chi connectivity index (χ0v) is 20.2. The molecule has 0 aromatic heterocycles. The van der Waals surface area contributed by atoms with Crippen LogP contribution in [0.3, 0.4) is 0 Å². The molecule has 0 fully saturated rings. The van der Waals surface area contributed by atoms with Crippen molar-refractivity contribution in [2.24, 2.45) is 0 Å². The molecule has 0 aliphatic carbocycles. The standard InChI is InChI=1S/C34H26O/c1-21-10-8-12-24(18-21)31-32-28-16-6-4-14-26(28)23(3)20-30(32)27-15-5-7-17-29(27)33(31)34(35)25-13-9-11-22(2)19-25/h4-20H,1-3H3. The second-order valence-corrected chi connectivity index (χ2v) is 9.53. The molecule has 1 heteroatoms. The predicted molar refractivity (Wildman–Crippen MR) is 148 cm³/mol. The minimum Gasteiger partial charge on any atom is -0.289 e. The maximum absolute atomic E-state index is 14.3. The highest BCUT2D eigenvalue weighted by atomic mass is 16.1. The second kappa shape index (κ2) is 8.21. The van der Waals surface area contributed by atoms with Gasteiger partial charge in [-0.1, -0.05) is 108 Å². The van der Waals surface area contributed by atoms with Gasteiger partial charge in [0.15, 0.2) is 5.78 Å². The number of hydrogen-bond acceptors (Lipinski definition) is 1. The fraction of sp³-hybridized carbons (Fsp3) is 0.0882. The van der Waals surface area contributed by atoms with E-state index in [9.17, 15) is 4.79 Å². The Hall–Kier alpha value is -4.23. The maximum Gasteiger partial charge on any atom is 0.194 e. The molecule has 168 valence electrons. The van der Waals surface area contributed by atoms with Gasteiger partial charge < -0.3 is 0 Å². The summed E-state index contributed by atoms with van der Waals surface area (Å²) in [7, 11) is 0. The number of hydrogen-bond donors (Lipinski definition) is 0. The van der Waals surface area contributed by atoms with E-state index in [0.717, 1.165) is 44.0 Å². The Morgan fingerprint density at radius 1 is 0.543 bits per heavy atom. The topological polar surface area (TPSA) is 17.1 Å². The van der Waals surface area contributed by atoms with Crippen LogP contribution in [0.2, 0.25) is 0 Å². The molecule has 0 bridgehead atoms. The predicted octanol–water partition coefficient (Wildman–Crippen LogP) is 8.97. The van der Waals surface area contributed by atoms with Gasteiger partial charge in [-0.2, -0.15) is 0 Å². The molecular formula is C34H26O. The molecule has 0 aliphatic rings. The largest absolute Gasteiger partial charge is 0.289 e. The summed E-state index contributed by atoms with van der Waals surface area (Å²) in [6.07, 6.45) is 0. The quantitative estimate of drug-likeness (QED) is 0.194. The van der Waals surface area contributed by atoms with Gasteiger partial charge >= 0.3 is 0 Å².